The van der Waals surface area contributed by atoms with Crippen LogP contribution in [0.2, 0.25) is 5.02 Å². The summed E-state index contributed by atoms with van der Waals surface area (Å²) in [5.74, 6) is 0.150. The van der Waals surface area contributed by atoms with E-state index < -0.39 is 5.60 Å². The van der Waals surface area contributed by atoms with Crippen LogP contribution in [-0.2, 0) is 12.0 Å². The van der Waals surface area contributed by atoms with Crippen molar-refractivity contribution >= 4 is 11.6 Å². The Labute approximate surface area is 180 Å². The van der Waals surface area contributed by atoms with E-state index in [-0.39, 0.29) is 12.5 Å². The molecule has 1 fully saturated rings. The lowest BCUT2D eigenvalue weighted by Crippen LogP contribution is -2.44. The third-order valence-corrected chi connectivity index (χ3v) is 6.61. The van der Waals surface area contributed by atoms with E-state index in [1.807, 2.05) is 12.1 Å². The molecule has 0 saturated carbocycles. The maximum absolute atomic E-state index is 12.1. The largest absolute Gasteiger partial charge is 0.396 e. The van der Waals surface area contributed by atoms with Gasteiger partial charge in [-0.25, -0.2) is 0 Å². The topological polar surface area (TPSA) is 52.5 Å². The minimum atomic E-state index is -0.939. The summed E-state index contributed by atoms with van der Waals surface area (Å²) in [5.41, 5.74) is 3.29. The first-order chi connectivity index (χ1) is 14.1. The van der Waals surface area contributed by atoms with Crippen molar-refractivity contribution < 1.29 is 10.2 Å². The van der Waals surface area contributed by atoms with Gasteiger partial charge in [-0.2, -0.15) is 0 Å². The molecule has 0 aromatic heterocycles. The Morgan fingerprint density at radius 2 is 1.97 bits per heavy atom. The summed E-state index contributed by atoms with van der Waals surface area (Å²) >= 11 is 6.73. The van der Waals surface area contributed by atoms with Gasteiger partial charge < -0.3 is 15.5 Å². The Balaban J connectivity index is 2.05. The third kappa shape index (κ3) is 5.21. The highest BCUT2D eigenvalue weighted by Crippen LogP contribution is 2.45. The van der Waals surface area contributed by atoms with Crippen molar-refractivity contribution in [1.29, 1.82) is 0 Å². The Bertz CT molecular complexity index is 788. The quantitative estimate of drug-likeness (QED) is 0.486. The number of piperidine rings is 1. The zero-order chi connectivity index (χ0) is 20.7. The number of nitrogens with one attached hydrogen (secondary N) is 1. The molecule has 3 N–H and O–H groups in total. The molecular formula is C25H34ClNO2. The lowest BCUT2D eigenvalue weighted by molar-refractivity contribution is -0.0423. The first-order valence-corrected chi connectivity index (χ1v) is 11.4. The van der Waals surface area contributed by atoms with Crippen molar-refractivity contribution in [2.75, 3.05) is 19.7 Å². The number of aryl methyl sites for hydroxylation is 1. The highest BCUT2D eigenvalue weighted by Gasteiger charge is 2.40. The highest BCUT2D eigenvalue weighted by atomic mass is 35.5. The van der Waals surface area contributed by atoms with Crippen LogP contribution >= 0.6 is 11.6 Å². The molecule has 0 radical (unpaired) electrons. The molecule has 1 heterocycles. The van der Waals surface area contributed by atoms with Crippen LogP contribution in [-0.4, -0.2) is 29.9 Å². The summed E-state index contributed by atoms with van der Waals surface area (Å²) in [5, 5.41) is 25.4. The number of halogens is 1. The average molecular weight is 416 g/mol. The van der Waals surface area contributed by atoms with Crippen LogP contribution in [0.1, 0.15) is 56.6 Å². The van der Waals surface area contributed by atoms with E-state index in [4.69, 9.17) is 16.7 Å². The van der Waals surface area contributed by atoms with E-state index >= 15 is 0 Å². The number of hydrogen-bond donors (Lipinski definition) is 3. The lowest BCUT2D eigenvalue weighted by atomic mass is 9.72. The van der Waals surface area contributed by atoms with Gasteiger partial charge in [0.2, 0.25) is 0 Å². The van der Waals surface area contributed by atoms with Crippen LogP contribution in [0.25, 0.3) is 11.1 Å². The SMILES string of the molecule is CCc1cccc(-c2c(Cl)cccc2C(O)(CCCCCO)[C@@H]2CCCNC2)c1. The number of rotatable bonds is 9. The number of aliphatic hydroxyl groups excluding tert-OH is 1. The molecular weight excluding hydrogens is 382 g/mol. The zero-order valence-electron chi connectivity index (χ0n) is 17.5. The first kappa shape index (κ1) is 22.3. The molecule has 3 rings (SSSR count). The van der Waals surface area contributed by atoms with Crippen LogP contribution < -0.4 is 5.32 Å². The monoisotopic (exact) mass is 415 g/mol. The van der Waals surface area contributed by atoms with Gasteiger partial charge in [0.05, 0.1) is 5.60 Å². The van der Waals surface area contributed by atoms with E-state index in [1.165, 1.54) is 5.56 Å². The van der Waals surface area contributed by atoms with Crippen molar-refractivity contribution in [1.82, 2.24) is 5.32 Å². The fraction of sp³-hybridized carbons (Fsp3) is 0.520. The summed E-state index contributed by atoms with van der Waals surface area (Å²) in [7, 11) is 0. The highest BCUT2D eigenvalue weighted by molar-refractivity contribution is 6.33. The molecule has 2 aromatic carbocycles. The van der Waals surface area contributed by atoms with Gasteiger partial charge in [0, 0.05) is 29.7 Å². The summed E-state index contributed by atoms with van der Waals surface area (Å²) in [6.07, 6.45) is 6.30. The Kier molecular flexibility index (Phi) is 8.14. The molecule has 2 atom stereocenters. The molecule has 4 heteroatoms. The van der Waals surface area contributed by atoms with Gasteiger partial charge in [-0.15, -0.1) is 0 Å². The molecule has 1 aliphatic heterocycles. The lowest BCUT2D eigenvalue weighted by Gasteiger charge is -2.41. The Hall–Kier alpha value is -1.39. The Morgan fingerprint density at radius 1 is 1.14 bits per heavy atom. The average Bonchev–Trinajstić information content (AvgIpc) is 2.77. The summed E-state index contributed by atoms with van der Waals surface area (Å²) in [6, 6.07) is 14.4. The second-order valence-electron chi connectivity index (χ2n) is 8.22. The predicted molar refractivity (Wildman–Crippen MR) is 121 cm³/mol. The van der Waals surface area contributed by atoms with Crippen LogP contribution in [0.15, 0.2) is 42.5 Å². The normalized spacial score (nSPS) is 19.1. The van der Waals surface area contributed by atoms with Crippen molar-refractivity contribution in [3.05, 3.63) is 58.6 Å². The molecule has 0 bridgehead atoms. The van der Waals surface area contributed by atoms with Crippen LogP contribution in [0, 0.1) is 5.92 Å². The zero-order valence-corrected chi connectivity index (χ0v) is 18.2. The van der Waals surface area contributed by atoms with Crippen LogP contribution in [0.4, 0.5) is 0 Å². The van der Waals surface area contributed by atoms with Gasteiger partial charge in [-0.05, 0) is 61.4 Å². The predicted octanol–water partition coefficient (Wildman–Crippen LogP) is 5.31. The third-order valence-electron chi connectivity index (χ3n) is 6.29. The summed E-state index contributed by atoms with van der Waals surface area (Å²) in [6.45, 7) is 4.18. The molecule has 0 spiro atoms. The van der Waals surface area contributed by atoms with Crippen molar-refractivity contribution in [3.63, 3.8) is 0 Å². The molecule has 1 unspecified atom stereocenters. The summed E-state index contributed by atoms with van der Waals surface area (Å²) in [4.78, 5) is 0. The van der Waals surface area contributed by atoms with Gasteiger partial charge >= 0.3 is 0 Å². The minimum Gasteiger partial charge on any atom is -0.396 e. The number of aliphatic hydroxyl groups is 2. The van der Waals surface area contributed by atoms with Gasteiger partial charge in [0.25, 0.3) is 0 Å². The maximum Gasteiger partial charge on any atom is 0.0943 e. The molecule has 2 aromatic rings. The van der Waals surface area contributed by atoms with Gasteiger partial charge in [-0.3, -0.25) is 0 Å². The van der Waals surface area contributed by atoms with Crippen molar-refractivity contribution in [3.8, 4) is 11.1 Å². The smallest absolute Gasteiger partial charge is 0.0943 e. The second kappa shape index (κ2) is 10.6. The van der Waals surface area contributed by atoms with E-state index in [1.54, 1.807) is 0 Å². The minimum absolute atomic E-state index is 0.150. The molecule has 158 valence electrons. The van der Waals surface area contributed by atoms with Crippen LogP contribution in [0.3, 0.4) is 0 Å². The van der Waals surface area contributed by atoms with E-state index in [9.17, 15) is 5.11 Å². The number of unbranched alkanes of at least 4 members (excludes halogenated alkanes) is 2. The molecule has 1 saturated heterocycles. The summed E-state index contributed by atoms with van der Waals surface area (Å²) < 4.78 is 0. The number of benzene rings is 2. The van der Waals surface area contributed by atoms with Crippen LogP contribution in [0.5, 0.6) is 0 Å². The maximum atomic E-state index is 12.1. The fourth-order valence-electron chi connectivity index (χ4n) is 4.63. The molecule has 0 amide bonds. The molecule has 29 heavy (non-hydrogen) atoms. The molecule has 0 aliphatic carbocycles. The van der Waals surface area contributed by atoms with E-state index in [2.05, 4.69) is 42.6 Å². The van der Waals surface area contributed by atoms with Crippen molar-refractivity contribution in [2.45, 2.75) is 57.5 Å². The van der Waals surface area contributed by atoms with E-state index in [0.717, 1.165) is 68.3 Å². The van der Waals surface area contributed by atoms with Crippen molar-refractivity contribution in [2.24, 2.45) is 5.92 Å². The molecule has 3 nitrogen and oxygen atoms in total. The fourth-order valence-corrected chi connectivity index (χ4v) is 4.91. The standard InChI is InChI=1S/C25H34ClNO2/c1-2-19-9-6-10-20(17-19)24-22(12-7-13-23(24)26)25(29,14-4-3-5-16-28)21-11-8-15-27-18-21/h6-7,9-10,12-13,17,21,27-29H,2-5,8,11,14-16,18H2,1H3/t21-,25?/m1/s1. The molecule has 1 aliphatic rings. The van der Waals surface area contributed by atoms with Gasteiger partial charge in [0.1, 0.15) is 0 Å². The first-order valence-electron chi connectivity index (χ1n) is 11.0. The number of hydrogen-bond acceptors (Lipinski definition) is 3. The van der Waals surface area contributed by atoms with E-state index in [0.29, 0.717) is 11.4 Å². The van der Waals surface area contributed by atoms with Gasteiger partial charge in [0.15, 0.2) is 0 Å². The van der Waals surface area contributed by atoms with Gasteiger partial charge in [-0.1, -0.05) is 67.8 Å². The Morgan fingerprint density at radius 3 is 2.69 bits per heavy atom. The second-order valence-corrected chi connectivity index (χ2v) is 8.63.